The molecule has 2 aliphatic rings. The van der Waals surface area contributed by atoms with Gasteiger partial charge in [-0.25, -0.2) is 8.78 Å². The predicted molar refractivity (Wildman–Crippen MR) is 46.6 cm³/mol. The molecule has 1 unspecified atom stereocenters. The van der Waals surface area contributed by atoms with Crippen LogP contribution in [0, 0.1) is 0 Å². The van der Waals surface area contributed by atoms with Crippen LogP contribution in [0.1, 0.15) is 25.7 Å². The highest BCUT2D eigenvalue weighted by Crippen LogP contribution is 2.51. The molecule has 1 atom stereocenters. The lowest BCUT2D eigenvalue weighted by Gasteiger charge is -2.48. The maximum atomic E-state index is 12.6. The van der Waals surface area contributed by atoms with E-state index >= 15 is 0 Å². The van der Waals surface area contributed by atoms with Gasteiger partial charge in [0, 0.05) is 23.6 Å². The highest BCUT2D eigenvalue weighted by molar-refractivity contribution is 8.00. The third-order valence-electron chi connectivity index (χ3n) is 2.75. The van der Waals surface area contributed by atoms with E-state index in [1.54, 1.807) is 11.8 Å². The Morgan fingerprint density at radius 2 is 2.00 bits per heavy atom. The number of hydrogen-bond acceptors (Lipinski definition) is 2. The van der Waals surface area contributed by atoms with Crippen molar-refractivity contribution in [2.75, 3.05) is 5.75 Å². The van der Waals surface area contributed by atoms with Gasteiger partial charge in [-0.15, -0.1) is 0 Å². The second-order valence-corrected chi connectivity index (χ2v) is 5.25. The summed E-state index contributed by atoms with van der Waals surface area (Å²) in [6.07, 6.45) is 1.96. The molecule has 0 amide bonds. The van der Waals surface area contributed by atoms with Crippen LogP contribution in [0.15, 0.2) is 0 Å². The Kier molecular flexibility index (Phi) is 1.88. The maximum absolute atomic E-state index is 12.6. The molecular formula is C8H13F2NS. The van der Waals surface area contributed by atoms with Gasteiger partial charge < -0.3 is 5.73 Å². The molecule has 1 saturated carbocycles. The van der Waals surface area contributed by atoms with Gasteiger partial charge in [0.25, 0.3) is 5.92 Å². The average molecular weight is 193 g/mol. The zero-order chi connectivity index (χ0) is 8.82. The zero-order valence-electron chi connectivity index (χ0n) is 6.85. The first-order valence-electron chi connectivity index (χ1n) is 4.30. The summed E-state index contributed by atoms with van der Waals surface area (Å²) in [6.45, 7) is 0. The standard InChI is InChI=1S/C8H13F2NS/c9-8(10)4-7(11,5-8)6-2-1-3-12-6/h6H,1-5,11H2. The molecule has 1 heterocycles. The van der Waals surface area contributed by atoms with Gasteiger partial charge in [0.15, 0.2) is 0 Å². The summed E-state index contributed by atoms with van der Waals surface area (Å²) in [5.74, 6) is -1.38. The molecule has 0 aromatic carbocycles. The van der Waals surface area contributed by atoms with Crippen LogP contribution in [-0.2, 0) is 0 Å². The normalized spacial score (nSPS) is 37.8. The molecule has 2 rings (SSSR count). The molecule has 1 nitrogen and oxygen atoms in total. The van der Waals surface area contributed by atoms with E-state index in [1.807, 2.05) is 0 Å². The van der Waals surface area contributed by atoms with Crippen molar-refractivity contribution in [1.29, 1.82) is 0 Å². The summed E-state index contributed by atoms with van der Waals surface area (Å²) in [6, 6.07) is 0. The van der Waals surface area contributed by atoms with Gasteiger partial charge >= 0.3 is 0 Å². The lowest BCUT2D eigenvalue weighted by Crippen LogP contribution is -2.63. The van der Waals surface area contributed by atoms with E-state index < -0.39 is 11.5 Å². The van der Waals surface area contributed by atoms with E-state index in [2.05, 4.69) is 0 Å². The highest BCUT2D eigenvalue weighted by Gasteiger charge is 2.58. The summed E-state index contributed by atoms with van der Waals surface area (Å²) in [5.41, 5.74) is 5.33. The fourth-order valence-corrected chi connectivity index (χ4v) is 3.62. The molecule has 0 aromatic rings. The van der Waals surface area contributed by atoms with Crippen molar-refractivity contribution in [2.24, 2.45) is 5.73 Å². The van der Waals surface area contributed by atoms with E-state index in [0.29, 0.717) is 0 Å². The van der Waals surface area contributed by atoms with Crippen molar-refractivity contribution in [3.05, 3.63) is 0 Å². The lowest BCUT2D eigenvalue weighted by molar-refractivity contribution is -0.122. The zero-order valence-corrected chi connectivity index (χ0v) is 7.67. The van der Waals surface area contributed by atoms with E-state index in [9.17, 15) is 8.78 Å². The minimum atomic E-state index is -2.47. The number of nitrogens with two attached hydrogens (primary N) is 1. The number of rotatable bonds is 1. The Bertz CT molecular complexity index is 181. The number of alkyl halides is 2. The fourth-order valence-electron chi connectivity index (χ4n) is 2.17. The van der Waals surface area contributed by atoms with Crippen molar-refractivity contribution < 1.29 is 8.78 Å². The van der Waals surface area contributed by atoms with E-state index in [0.717, 1.165) is 18.6 Å². The van der Waals surface area contributed by atoms with Crippen molar-refractivity contribution in [3.63, 3.8) is 0 Å². The van der Waals surface area contributed by atoms with Gasteiger partial charge in [-0.05, 0) is 18.6 Å². The largest absolute Gasteiger partial charge is 0.324 e. The summed E-state index contributed by atoms with van der Waals surface area (Å²) in [7, 11) is 0. The topological polar surface area (TPSA) is 26.0 Å². The van der Waals surface area contributed by atoms with E-state index in [4.69, 9.17) is 5.73 Å². The predicted octanol–water partition coefficient (Wildman–Crippen LogP) is 2.01. The summed E-state index contributed by atoms with van der Waals surface area (Å²) in [4.78, 5) is 0. The van der Waals surface area contributed by atoms with Crippen LogP contribution in [0.3, 0.4) is 0 Å². The van der Waals surface area contributed by atoms with Crippen LogP contribution < -0.4 is 5.73 Å². The summed E-state index contributed by atoms with van der Waals surface area (Å²) in [5, 5.41) is 0.289. The minimum absolute atomic E-state index is 0.0995. The molecule has 0 aromatic heterocycles. The molecule has 2 N–H and O–H groups in total. The lowest BCUT2D eigenvalue weighted by atomic mass is 9.71. The first-order valence-corrected chi connectivity index (χ1v) is 5.35. The van der Waals surface area contributed by atoms with Gasteiger partial charge in [0.1, 0.15) is 0 Å². The molecule has 1 aliphatic heterocycles. The number of halogens is 2. The van der Waals surface area contributed by atoms with Crippen molar-refractivity contribution in [1.82, 2.24) is 0 Å². The maximum Gasteiger partial charge on any atom is 0.251 e. The number of thioether (sulfide) groups is 1. The number of hydrogen-bond donors (Lipinski definition) is 1. The third kappa shape index (κ3) is 1.35. The van der Waals surface area contributed by atoms with Gasteiger partial charge in [-0.3, -0.25) is 0 Å². The molecule has 70 valence electrons. The van der Waals surface area contributed by atoms with Gasteiger partial charge in [-0.2, -0.15) is 11.8 Å². The van der Waals surface area contributed by atoms with Gasteiger partial charge in [0.2, 0.25) is 0 Å². The Morgan fingerprint density at radius 3 is 2.42 bits per heavy atom. The first-order chi connectivity index (χ1) is 5.52. The van der Waals surface area contributed by atoms with Crippen LogP contribution in [-0.4, -0.2) is 22.5 Å². The van der Waals surface area contributed by atoms with Crippen LogP contribution in [0.4, 0.5) is 8.78 Å². The SMILES string of the molecule is NC1(C2CCCS2)CC(F)(F)C1. The third-order valence-corrected chi connectivity index (χ3v) is 4.38. The molecule has 0 radical (unpaired) electrons. The van der Waals surface area contributed by atoms with Crippen LogP contribution in [0.2, 0.25) is 0 Å². The molecule has 12 heavy (non-hydrogen) atoms. The molecule has 1 saturated heterocycles. The van der Waals surface area contributed by atoms with Crippen LogP contribution in [0.25, 0.3) is 0 Å². The first kappa shape index (κ1) is 8.75. The second kappa shape index (κ2) is 2.58. The van der Waals surface area contributed by atoms with Crippen LogP contribution in [0.5, 0.6) is 0 Å². The molecule has 1 aliphatic carbocycles. The van der Waals surface area contributed by atoms with Gasteiger partial charge in [0.05, 0.1) is 0 Å². The molecule has 0 bridgehead atoms. The van der Waals surface area contributed by atoms with Gasteiger partial charge in [-0.1, -0.05) is 0 Å². The second-order valence-electron chi connectivity index (χ2n) is 3.94. The van der Waals surface area contributed by atoms with E-state index in [-0.39, 0.29) is 18.1 Å². The molecule has 2 fully saturated rings. The molecular weight excluding hydrogens is 180 g/mol. The molecule has 0 spiro atoms. The average Bonchev–Trinajstić information content (AvgIpc) is 2.31. The highest BCUT2D eigenvalue weighted by atomic mass is 32.2. The summed E-state index contributed by atoms with van der Waals surface area (Å²) < 4.78 is 25.2. The summed E-state index contributed by atoms with van der Waals surface area (Å²) >= 11 is 1.77. The van der Waals surface area contributed by atoms with Crippen molar-refractivity contribution in [3.8, 4) is 0 Å². The Balaban J connectivity index is 1.96. The fraction of sp³-hybridized carbons (Fsp3) is 1.00. The van der Waals surface area contributed by atoms with Crippen molar-refractivity contribution >= 4 is 11.8 Å². The Hall–Kier alpha value is 0.170. The van der Waals surface area contributed by atoms with Crippen molar-refractivity contribution in [2.45, 2.75) is 42.4 Å². The quantitative estimate of drug-likeness (QED) is 0.689. The Labute approximate surface area is 75.1 Å². The van der Waals surface area contributed by atoms with E-state index in [1.165, 1.54) is 0 Å². The smallest absolute Gasteiger partial charge is 0.251 e. The Morgan fingerprint density at radius 1 is 1.33 bits per heavy atom. The molecule has 4 heteroatoms. The minimum Gasteiger partial charge on any atom is -0.324 e. The monoisotopic (exact) mass is 193 g/mol. The van der Waals surface area contributed by atoms with Crippen LogP contribution >= 0.6 is 11.8 Å².